The summed E-state index contributed by atoms with van der Waals surface area (Å²) in [7, 11) is 0. The summed E-state index contributed by atoms with van der Waals surface area (Å²) in [5.74, 6) is -6.39. The molecule has 0 heterocycles. The van der Waals surface area contributed by atoms with Crippen molar-refractivity contribution < 1.29 is 31.1 Å². The van der Waals surface area contributed by atoms with E-state index in [-0.39, 0.29) is 46.9 Å². The number of halogens is 6. The second-order valence-corrected chi connectivity index (χ2v) is 9.95. The van der Waals surface area contributed by atoms with Gasteiger partial charge < -0.3 is 4.74 Å². The SMILES string of the molecule is CCCCCc1ccc(C2=CCC(OCc3ccc(-c4ccc(CC)c(F)c4F)c(F)c3F)CC2)c(F)c1F. The van der Waals surface area contributed by atoms with Gasteiger partial charge in [0, 0.05) is 22.3 Å². The van der Waals surface area contributed by atoms with Crippen LogP contribution in [0.3, 0.4) is 0 Å². The summed E-state index contributed by atoms with van der Waals surface area (Å²) in [6.45, 7) is 3.49. The molecule has 0 aliphatic heterocycles. The maximum Gasteiger partial charge on any atom is 0.167 e. The fourth-order valence-corrected chi connectivity index (χ4v) is 4.99. The van der Waals surface area contributed by atoms with Crippen LogP contribution in [0.5, 0.6) is 0 Å². The predicted octanol–water partition coefficient (Wildman–Crippen LogP) is 9.64. The maximum absolute atomic E-state index is 14.8. The van der Waals surface area contributed by atoms with Crippen molar-refractivity contribution in [3.63, 3.8) is 0 Å². The van der Waals surface area contributed by atoms with Crippen LogP contribution in [-0.2, 0) is 24.2 Å². The van der Waals surface area contributed by atoms with Crippen molar-refractivity contribution in [1.29, 1.82) is 0 Å². The quantitative estimate of drug-likeness (QED) is 0.182. The fourth-order valence-electron chi connectivity index (χ4n) is 4.99. The van der Waals surface area contributed by atoms with Gasteiger partial charge in [0.25, 0.3) is 0 Å². The molecule has 7 heteroatoms. The summed E-state index contributed by atoms with van der Waals surface area (Å²) in [4.78, 5) is 0. The van der Waals surface area contributed by atoms with Gasteiger partial charge in [-0.3, -0.25) is 0 Å². The average molecular weight is 547 g/mol. The minimum Gasteiger partial charge on any atom is -0.373 e. The third-order valence-corrected chi connectivity index (χ3v) is 7.39. The molecule has 1 aliphatic rings. The monoisotopic (exact) mass is 546 g/mol. The molecule has 0 fully saturated rings. The molecule has 4 rings (SSSR count). The minimum atomic E-state index is -1.28. The van der Waals surface area contributed by atoms with Crippen LogP contribution < -0.4 is 0 Å². The van der Waals surface area contributed by atoms with Crippen LogP contribution in [0, 0.1) is 34.9 Å². The van der Waals surface area contributed by atoms with Crippen molar-refractivity contribution in [2.24, 2.45) is 0 Å². The normalized spacial score (nSPS) is 15.5. The van der Waals surface area contributed by atoms with Crippen LogP contribution in [0.15, 0.2) is 42.5 Å². The van der Waals surface area contributed by atoms with Crippen LogP contribution in [-0.4, -0.2) is 6.10 Å². The Morgan fingerprint density at radius 3 is 1.85 bits per heavy atom. The zero-order chi connectivity index (χ0) is 28.1. The standard InChI is InChI=1S/C32H32F6O/c1-3-5-6-7-21-11-15-24(30(36)28(21)34)20-8-13-23(14-9-20)39-18-22-12-17-26(32(38)29(22)35)25-16-10-19(4-2)27(33)31(25)37/h8,10-12,15-17,23H,3-7,9,13-14,18H2,1-2H3. The Hall–Kier alpha value is -3.06. The first-order valence-electron chi connectivity index (χ1n) is 13.5. The van der Waals surface area contributed by atoms with Crippen LogP contribution in [0.4, 0.5) is 26.3 Å². The lowest BCUT2D eigenvalue weighted by atomic mass is 9.90. The molecule has 0 N–H and O–H groups in total. The second-order valence-electron chi connectivity index (χ2n) is 9.95. The molecule has 0 saturated carbocycles. The Bertz CT molecular complexity index is 1360. The van der Waals surface area contributed by atoms with E-state index in [0.717, 1.165) is 19.3 Å². The van der Waals surface area contributed by atoms with Gasteiger partial charge in [0.2, 0.25) is 0 Å². The molecule has 0 amide bonds. The predicted molar refractivity (Wildman–Crippen MR) is 141 cm³/mol. The van der Waals surface area contributed by atoms with E-state index in [2.05, 4.69) is 6.92 Å². The Labute approximate surface area is 225 Å². The van der Waals surface area contributed by atoms with E-state index < -0.39 is 34.9 Å². The van der Waals surface area contributed by atoms with E-state index in [1.54, 1.807) is 25.1 Å². The summed E-state index contributed by atoms with van der Waals surface area (Å²) in [6, 6.07) is 8.37. The van der Waals surface area contributed by atoms with Crippen LogP contribution in [0.1, 0.15) is 74.6 Å². The van der Waals surface area contributed by atoms with Gasteiger partial charge in [0.1, 0.15) is 0 Å². The molecule has 3 aromatic carbocycles. The maximum atomic E-state index is 14.8. The molecule has 3 aromatic rings. The Morgan fingerprint density at radius 2 is 1.23 bits per heavy atom. The van der Waals surface area contributed by atoms with Crippen LogP contribution in [0.2, 0.25) is 0 Å². The molecule has 0 bridgehead atoms. The minimum absolute atomic E-state index is 0.0520. The summed E-state index contributed by atoms with van der Waals surface area (Å²) in [6.07, 6.45) is 6.37. The first-order valence-corrected chi connectivity index (χ1v) is 13.5. The van der Waals surface area contributed by atoms with Crippen LogP contribution >= 0.6 is 0 Å². The number of ether oxygens (including phenoxy) is 1. The van der Waals surface area contributed by atoms with Gasteiger partial charge in [0.05, 0.1) is 12.7 Å². The van der Waals surface area contributed by atoms with Crippen molar-refractivity contribution in [3.8, 4) is 11.1 Å². The molecule has 0 radical (unpaired) electrons. The summed E-state index contributed by atoms with van der Waals surface area (Å²) in [5.41, 5.74) is 0.694. The lowest BCUT2D eigenvalue weighted by Gasteiger charge is -2.23. The number of allylic oxidation sites excluding steroid dienone is 1. The van der Waals surface area contributed by atoms with E-state index in [9.17, 15) is 26.3 Å². The van der Waals surface area contributed by atoms with Gasteiger partial charge in [-0.15, -0.1) is 0 Å². The van der Waals surface area contributed by atoms with E-state index in [0.29, 0.717) is 36.8 Å². The van der Waals surface area contributed by atoms with Gasteiger partial charge in [-0.25, -0.2) is 26.3 Å². The number of unbranched alkanes of at least 4 members (excludes halogenated alkanes) is 2. The van der Waals surface area contributed by atoms with Gasteiger partial charge in [-0.1, -0.05) is 69.2 Å². The van der Waals surface area contributed by atoms with Crippen LogP contribution in [0.25, 0.3) is 16.7 Å². The van der Waals surface area contributed by atoms with Crippen molar-refractivity contribution >= 4 is 5.57 Å². The third-order valence-electron chi connectivity index (χ3n) is 7.39. The number of hydrogen-bond acceptors (Lipinski definition) is 1. The highest BCUT2D eigenvalue weighted by atomic mass is 19.2. The highest BCUT2D eigenvalue weighted by Crippen LogP contribution is 2.34. The zero-order valence-corrected chi connectivity index (χ0v) is 22.2. The fraction of sp³-hybridized carbons (Fsp3) is 0.375. The third kappa shape index (κ3) is 6.24. The molecule has 1 atom stereocenters. The van der Waals surface area contributed by atoms with Gasteiger partial charge in [-0.05, 0) is 55.2 Å². The molecule has 0 saturated heterocycles. The Kier molecular flexibility index (Phi) is 9.54. The Morgan fingerprint density at radius 1 is 0.667 bits per heavy atom. The van der Waals surface area contributed by atoms with Crippen molar-refractivity contribution in [2.45, 2.75) is 77.9 Å². The summed E-state index contributed by atoms with van der Waals surface area (Å²) in [5, 5.41) is 0. The zero-order valence-electron chi connectivity index (χ0n) is 22.2. The van der Waals surface area contributed by atoms with Gasteiger partial charge in [-0.2, -0.15) is 0 Å². The first-order chi connectivity index (χ1) is 18.8. The molecule has 1 nitrogen and oxygen atoms in total. The van der Waals surface area contributed by atoms with Crippen molar-refractivity contribution in [2.75, 3.05) is 0 Å². The highest BCUT2D eigenvalue weighted by molar-refractivity contribution is 5.68. The van der Waals surface area contributed by atoms with E-state index in [1.165, 1.54) is 24.3 Å². The lowest BCUT2D eigenvalue weighted by Crippen LogP contribution is -2.16. The molecular weight excluding hydrogens is 514 g/mol. The molecule has 0 spiro atoms. The number of aryl methyl sites for hydroxylation is 2. The lowest BCUT2D eigenvalue weighted by molar-refractivity contribution is 0.0342. The molecule has 208 valence electrons. The van der Waals surface area contributed by atoms with Crippen molar-refractivity contribution in [1.82, 2.24) is 0 Å². The second kappa shape index (κ2) is 12.9. The molecule has 0 aromatic heterocycles. The summed E-state index contributed by atoms with van der Waals surface area (Å²) < 4.78 is 93.5. The van der Waals surface area contributed by atoms with E-state index in [4.69, 9.17) is 4.74 Å². The topological polar surface area (TPSA) is 9.23 Å². The van der Waals surface area contributed by atoms with Gasteiger partial charge >= 0.3 is 0 Å². The van der Waals surface area contributed by atoms with Crippen molar-refractivity contribution in [3.05, 3.63) is 99.6 Å². The molecular formula is C32H32F6O. The smallest absolute Gasteiger partial charge is 0.167 e. The molecule has 1 unspecified atom stereocenters. The van der Waals surface area contributed by atoms with Gasteiger partial charge in [0.15, 0.2) is 34.9 Å². The first kappa shape index (κ1) is 28.9. The summed E-state index contributed by atoms with van der Waals surface area (Å²) >= 11 is 0. The average Bonchev–Trinajstić information content (AvgIpc) is 2.94. The number of benzene rings is 3. The highest BCUT2D eigenvalue weighted by Gasteiger charge is 2.23. The van der Waals surface area contributed by atoms with E-state index in [1.807, 2.05) is 0 Å². The number of hydrogen-bond donors (Lipinski definition) is 0. The molecule has 39 heavy (non-hydrogen) atoms. The number of rotatable bonds is 10. The molecule has 1 aliphatic carbocycles. The van der Waals surface area contributed by atoms with E-state index >= 15 is 0 Å². The Balaban J connectivity index is 1.41. The largest absolute Gasteiger partial charge is 0.373 e.